The van der Waals surface area contributed by atoms with Crippen LogP contribution in [0, 0.1) is 6.92 Å². The topological polar surface area (TPSA) is 35.2 Å². The van der Waals surface area contributed by atoms with E-state index < -0.39 is 0 Å². The molecule has 0 fully saturated rings. The highest BCUT2D eigenvalue weighted by Crippen LogP contribution is 2.27. The zero-order valence-corrected chi connectivity index (χ0v) is 11.5. The van der Waals surface area contributed by atoms with Gasteiger partial charge in [-0.05, 0) is 41.3 Å². The maximum atomic E-state index is 5.72. The van der Waals surface area contributed by atoms with Crippen LogP contribution in [0.15, 0.2) is 42.5 Å². The van der Waals surface area contributed by atoms with E-state index in [4.69, 9.17) is 10.5 Å². The first-order valence-corrected chi connectivity index (χ1v) is 5.69. The zero-order chi connectivity index (χ0) is 12.3. The quantitative estimate of drug-likeness (QED) is 0.919. The third-order valence-electron chi connectivity index (χ3n) is 3.07. The normalized spacial score (nSPS) is 9.72. The molecule has 0 bridgehead atoms. The lowest BCUT2D eigenvalue weighted by Crippen LogP contribution is -1.99. The maximum Gasteiger partial charge on any atom is 0.118 e. The molecule has 0 aliphatic heterocycles. The van der Waals surface area contributed by atoms with Gasteiger partial charge in [-0.2, -0.15) is 0 Å². The summed E-state index contributed by atoms with van der Waals surface area (Å²) in [6.07, 6.45) is 0. The minimum absolute atomic E-state index is 0. The van der Waals surface area contributed by atoms with E-state index in [1.807, 2.05) is 12.1 Å². The number of hydrogen-bond acceptors (Lipinski definition) is 2. The van der Waals surface area contributed by atoms with Crippen LogP contribution in [0.2, 0.25) is 0 Å². The molecule has 0 amide bonds. The highest BCUT2D eigenvalue weighted by atomic mass is 35.5. The van der Waals surface area contributed by atoms with Crippen molar-refractivity contribution in [1.29, 1.82) is 0 Å². The van der Waals surface area contributed by atoms with Crippen molar-refractivity contribution in [2.24, 2.45) is 5.73 Å². The fourth-order valence-electron chi connectivity index (χ4n) is 1.99. The van der Waals surface area contributed by atoms with Gasteiger partial charge in [-0.15, -0.1) is 12.4 Å². The van der Waals surface area contributed by atoms with E-state index in [0.717, 1.165) is 5.75 Å². The van der Waals surface area contributed by atoms with Crippen LogP contribution in [-0.4, -0.2) is 7.11 Å². The van der Waals surface area contributed by atoms with E-state index in [2.05, 4.69) is 37.3 Å². The SMILES string of the molecule is COc1ccc(-c2cccc(CN)c2C)cc1.Cl. The van der Waals surface area contributed by atoms with Crippen LogP contribution >= 0.6 is 12.4 Å². The lowest BCUT2D eigenvalue weighted by molar-refractivity contribution is 0.415. The molecule has 18 heavy (non-hydrogen) atoms. The highest BCUT2D eigenvalue weighted by molar-refractivity contribution is 5.85. The summed E-state index contributed by atoms with van der Waals surface area (Å²) in [5, 5.41) is 0. The molecule has 0 aromatic heterocycles. The summed E-state index contributed by atoms with van der Waals surface area (Å²) >= 11 is 0. The Morgan fingerprint density at radius 1 is 1.06 bits per heavy atom. The standard InChI is InChI=1S/C15H17NO.ClH/c1-11-13(10-16)4-3-5-15(11)12-6-8-14(17-2)9-7-12;/h3-9H,10,16H2,1-2H3;1H. The molecular weight excluding hydrogens is 246 g/mol. The number of nitrogens with two attached hydrogens (primary N) is 1. The molecule has 0 saturated carbocycles. The van der Waals surface area contributed by atoms with Gasteiger partial charge < -0.3 is 10.5 Å². The number of hydrogen-bond donors (Lipinski definition) is 1. The Morgan fingerprint density at radius 3 is 2.28 bits per heavy atom. The van der Waals surface area contributed by atoms with Crippen molar-refractivity contribution in [3.8, 4) is 16.9 Å². The Hall–Kier alpha value is -1.51. The van der Waals surface area contributed by atoms with E-state index in [1.165, 1.54) is 22.3 Å². The van der Waals surface area contributed by atoms with Crippen LogP contribution in [0.3, 0.4) is 0 Å². The molecule has 2 rings (SSSR count). The predicted molar refractivity (Wildman–Crippen MR) is 78.3 cm³/mol. The second-order valence-electron chi connectivity index (χ2n) is 4.02. The fraction of sp³-hybridized carbons (Fsp3) is 0.200. The summed E-state index contributed by atoms with van der Waals surface area (Å²) < 4.78 is 5.16. The molecule has 0 aliphatic rings. The van der Waals surface area contributed by atoms with Gasteiger partial charge in [0.15, 0.2) is 0 Å². The van der Waals surface area contributed by atoms with E-state index >= 15 is 0 Å². The second kappa shape index (κ2) is 6.43. The van der Waals surface area contributed by atoms with Crippen molar-refractivity contribution < 1.29 is 4.74 Å². The van der Waals surface area contributed by atoms with E-state index in [9.17, 15) is 0 Å². The average Bonchev–Trinajstić information content (AvgIpc) is 2.39. The maximum absolute atomic E-state index is 5.72. The van der Waals surface area contributed by atoms with Gasteiger partial charge in [0.2, 0.25) is 0 Å². The zero-order valence-electron chi connectivity index (χ0n) is 10.6. The van der Waals surface area contributed by atoms with Gasteiger partial charge in [0, 0.05) is 6.54 Å². The second-order valence-corrected chi connectivity index (χ2v) is 4.02. The molecular formula is C15H18ClNO. The highest BCUT2D eigenvalue weighted by Gasteiger charge is 2.05. The molecule has 0 unspecified atom stereocenters. The van der Waals surface area contributed by atoms with E-state index in [-0.39, 0.29) is 12.4 Å². The summed E-state index contributed by atoms with van der Waals surface area (Å²) in [5.74, 6) is 0.876. The van der Waals surface area contributed by atoms with Gasteiger partial charge in [0.25, 0.3) is 0 Å². The van der Waals surface area contributed by atoms with Crippen LogP contribution in [-0.2, 0) is 6.54 Å². The average molecular weight is 264 g/mol. The van der Waals surface area contributed by atoms with Crippen LogP contribution in [0.5, 0.6) is 5.75 Å². The van der Waals surface area contributed by atoms with Crippen LogP contribution in [0.4, 0.5) is 0 Å². The molecule has 0 atom stereocenters. The number of methoxy groups -OCH3 is 1. The number of halogens is 1. The molecule has 2 aromatic carbocycles. The van der Waals surface area contributed by atoms with E-state index in [0.29, 0.717) is 6.54 Å². The Morgan fingerprint density at radius 2 is 1.72 bits per heavy atom. The molecule has 2 nitrogen and oxygen atoms in total. The molecule has 2 aromatic rings. The first kappa shape index (κ1) is 14.6. The Kier molecular flexibility index (Phi) is 5.20. The smallest absolute Gasteiger partial charge is 0.118 e. The molecule has 0 heterocycles. The lowest BCUT2D eigenvalue weighted by atomic mass is 9.96. The van der Waals surface area contributed by atoms with Crippen LogP contribution in [0.1, 0.15) is 11.1 Å². The van der Waals surface area contributed by atoms with Crippen molar-refractivity contribution in [3.05, 3.63) is 53.6 Å². The summed E-state index contributed by atoms with van der Waals surface area (Å²) in [5.41, 5.74) is 10.6. The molecule has 2 N–H and O–H groups in total. The molecule has 0 spiro atoms. The number of rotatable bonds is 3. The summed E-state index contributed by atoms with van der Waals surface area (Å²) in [6, 6.07) is 14.3. The Bertz CT molecular complexity index is 508. The van der Waals surface area contributed by atoms with Crippen LogP contribution in [0.25, 0.3) is 11.1 Å². The molecule has 3 heteroatoms. The third kappa shape index (κ3) is 2.84. The predicted octanol–water partition coefficient (Wildman–Crippen LogP) is 3.55. The minimum Gasteiger partial charge on any atom is -0.497 e. The Labute approximate surface area is 114 Å². The molecule has 0 saturated heterocycles. The van der Waals surface area contributed by atoms with Gasteiger partial charge in [-0.1, -0.05) is 30.3 Å². The van der Waals surface area contributed by atoms with Crippen LogP contribution < -0.4 is 10.5 Å². The van der Waals surface area contributed by atoms with Crippen molar-refractivity contribution >= 4 is 12.4 Å². The summed E-state index contributed by atoms with van der Waals surface area (Å²) in [7, 11) is 1.68. The van der Waals surface area contributed by atoms with E-state index in [1.54, 1.807) is 7.11 Å². The lowest BCUT2D eigenvalue weighted by Gasteiger charge is -2.10. The number of ether oxygens (including phenoxy) is 1. The van der Waals surface area contributed by atoms with Crippen molar-refractivity contribution in [3.63, 3.8) is 0 Å². The Balaban J connectivity index is 0.00000162. The molecule has 0 radical (unpaired) electrons. The van der Waals surface area contributed by atoms with Gasteiger partial charge >= 0.3 is 0 Å². The molecule has 96 valence electrons. The molecule has 0 aliphatic carbocycles. The summed E-state index contributed by atoms with van der Waals surface area (Å²) in [6.45, 7) is 2.69. The van der Waals surface area contributed by atoms with Crippen molar-refractivity contribution in [1.82, 2.24) is 0 Å². The monoisotopic (exact) mass is 263 g/mol. The van der Waals surface area contributed by atoms with Gasteiger partial charge in [0.05, 0.1) is 7.11 Å². The van der Waals surface area contributed by atoms with Crippen molar-refractivity contribution in [2.75, 3.05) is 7.11 Å². The van der Waals surface area contributed by atoms with Gasteiger partial charge in [0.1, 0.15) is 5.75 Å². The van der Waals surface area contributed by atoms with Gasteiger partial charge in [-0.25, -0.2) is 0 Å². The largest absolute Gasteiger partial charge is 0.497 e. The summed E-state index contributed by atoms with van der Waals surface area (Å²) in [4.78, 5) is 0. The number of benzene rings is 2. The first-order chi connectivity index (χ1) is 8.26. The fourth-order valence-corrected chi connectivity index (χ4v) is 1.99. The van der Waals surface area contributed by atoms with Crippen molar-refractivity contribution in [2.45, 2.75) is 13.5 Å². The minimum atomic E-state index is 0. The third-order valence-corrected chi connectivity index (χ3v) is 3.07. The first-order valence-electron chi connectivity index (χ1n) is 5.69. The van der Waals surface area contributed by atoms with Gasteiger partial charge in [-0.3, -0.25) is 0 Å².